The third-order valence-electron chi connectivity index (χ3n) is 0. The van der Waals surface area contributed by atoms with E-state index in [-0.39, 0.29) is 0 Å². The van der Waals surface area contributed by atoms with E-state index in [1.165, 1.54) is 0 Å². The van der Waals surface area contributed by atoms with Gasteiger partial charge in [0.25, 0.3) is 0 Å². The first-order chi connectivity index (χ1) is 4.00. The van der Waals surface area contributed by atoms with Crippen LogP contribution in [0.25, 0.3) is 0 Å². The van der Waals surface area contributed by atoms with Crippen LogP contribution >= 0.6 is 29.0 Å². The molecule has 0 amide bonds. The first kappa shape index (κ1) is 13.2. The maximum absolute atomic E-state index is 9.33. The minimum absolute atomic E-state index is 3.64. The molecule has 5 N–H and O–H groups in total. The van der Waals surface area contributed by atoms with Crippen molar-refractivity contribution in [3.8, 4) is 0 Å². The molecule has 0 radical (unpaired) electrons. The molecule has 10 heteroatoms. The van der Waals surface area contributed by atoms with Crippen molar-refractivity contribution >= 4 is 37.3 Å². The van der Waals surface area contributed by atoms with Crippen molar-refractivity contribution in [2.75, 3.05) is 0 Å². The summed E-state index contributed by atoms with van der Waals surface area (Å²) in [5.74, 6) is 0. The van der Waals surface area contributed by atoms with Crippen LogP contribution in [0.3, 0.4) is 0 Å². The normalized spacial score (nSPS) is 11.7. The highest BCUT2D eigenvalue weighted by atomic mass is 36.0. The Hall–Kier alpha value is 0.640. The predicted molar refractivity (Wildman–Crippen MR) is 38.8 cm³/mol. The van der Waals surface area contributed by atoms with Crippen LogP contribution in [0.15, 0.2) is 0 Å². The molecule has 0 aliphatic heterocycles. The summed E-state index contributed by atoms with van der Waals surface area (Å²) in [4.78, 5) is 7.63. The highest BCUT2D eigenvalue weighted by Crippen LogP contribution is 2.13. The molecule has 0 aliphatic carbocycles. The predicted octanol–water partition coefficient (Wildman–Crippen LogP) is -0.287. The molecular weight excluding hydrogens is 226 g/mol. The summed E-state index contributed by atoms with van der Waals surface area (Å²) in [7, 11) is 1.17. The van der Waals surface area contributed by atoms with Crippen molar-refractivity contribution in [3.63, 3.8) is 0 Å². The average molecular weight is 231 g/mol. The second-order valence-electron chi connectivity index (χ2n) is 1.05. The zero-order valence-corrected chi connectivity index (χ0v) is 7.66. The van der Waals surface area contributed by atoms with E-state index >= 15 is 0 Å². The van der Waals surface area contributed by atoms with Gasteiger partial charge in [-0.3, -0.25) is 4.57 Å². The summed E-state index contributed by atoms with van der Waals surface area (Å²) in [6, 6.07) is 0. The Morgan fingerprint density at radius 1 is 1.30 bits per heavy atom. The van der Waals surface area contributed by atoms with Crippen LogP contribution in [0.2, 0.25) is 0 Å². The summed E-state index contributed by atoms with van der Waals surface area (Å²) in [5, 5.41) is 0. The molecule has 0 saturated carbocycles. The first-order valence-electron chi connectivity index (χ1n) is 1.54. The molecular formula is H5Cl2N2O4PS. The van der Waals surface area contributed by atoms with E-state index in [0.717, 1.165) is 0 Å². The maximum Gasteiger partial charge on any atom is 0.332 e. The number of hydrogen-bond donors (Lipinski definition) is 3. The molecule has 0 aromatic rings. The van der Waals surface area contributed by atoms with E-state index in [9.17, 15) is 4.57 Å². The van der Waals surface area contributed by atoms with Gasteiger partial charge in [-0.25, -0.2) is 11.0 Å². The molecule has 6 nitrogen and oxygen atoms in total. The van der Waals surface area contributed by atoms with E-state index in [1.54, 1.807) is 0 Å². The molecule has 0 spiro atoms. The van der Waals surface area contributed by atoms with Gasteiger partial charge in [-0.05, 0) is 0 Å². The topological polar surface area (TPSA) is 123 Å². The standard InChI is InChI=1S/Cl2O2S.H5N2O2P/c2*1-5(2,3)4/h;(H5,1,2,3,4). The van der Waals surface area contributed by atoms with E-state index in [1.807, 2.05) is 0 Å². The van der Waals surface area contributed by atoms with Crippen LogP contribution in [0.1, 0.15) is 0 Å². The number of halogens is 2. The quantitative estimate of drug-likeness (QED) is 0.388. The molecule has 10 heavy (non-hydrogen) atoms. The monoisotopic (exact) mass is 230 g/mol. The van der Waals surface area contributed by atoms with Crippen LogP contribution in [-0.4, -0.2) is 13.3 Å². The molecule has 0 aromatic carbocycles. The maximum atomic E-state index is 9.33. The molecule has 0 saturated heterocycles. The van der Waals surface area contributed by atoms with Gasteiger partial charge in [0.1, 0.15) is 0 Å². The van der Waals surface area contributed by atoms with Gasteiger partial charge in [-0.15, -0.1) is 0 Å². The summed E-state index contributed by atoms with van der Waals surface area (Å²) >= 11 is 0. The van der Waals surface area contributed by atoms with E-state index in [4.69, 9.17) is 13.3 Å². The average Bonchev–Trinajstić information content (AvgIpc) is 1.12. The van der Waals surface area contributed by atoms with Crippen molar-refractivity contribution in [1.29, 1.82) is 0 Å². The Balaban J connectivity index is 0. The Morgan fingerprint density at radius 3 is 1.30 bits per heavy atom. The molecule has 0 unspecified atom stereocenters. The van der Waals surface area contributed by atoms with Gasteiger partial charge in [0.2, 0.25) is 0 Å². The van der Waals surface area contributed by atoms with Crippen LogP contribution < -0.4 is 11.0 Å². The van der Waals surface area contributed by atoms with Crippen LogP contribution in [-0.2, 0) is 12.8 Å². The number of nitrogens with two attached hydrogens (primary N) is 2. The lowest BCUT2D eigenvalue weighted by molar-refractivity contribution is 0.481. The summed E-state index contributed by atoms with van der Waals surface area (Å²) in [5.41, 5.74) is 8.49. The number of hydrogen-bond acceptors (Lipinski definition) is 3. The summed E-state index contributed by atoms with van der Waals surface area (Å²) < 4.78 is 27.7. The SMILES string of the molecule is NP(N)(=O)O.O=S(=O)(Cl)Cl. The minimum Gasteiger partial charge on any atom is -0.322 e. The fourth-order valence-electron chi connectivity index (χ4n) is 0. The molecule has 0 fully saturated rings. The Morgan fingerprint density at radius 2 is 1.30 bits per heavy atom. The molecule has 64 valence electrons. The minimum atomic E-state index is -3.72. The first-order valence-corrected chi connectivity index (χ1v) is 6.47. The molecule has 0 aromatic heterocycles. The fraction of sp³-hybridized carbons (Fsp3) is 0. The number of rotatable bonds is 0. The molecule has 0 rings (SSSR count). The van der Waals surface area contributed by atoms with Gasteiger partial charge >= 0.3 is 15.9 Å². The third-order valence-corrected chi connectivity index (χ3v) is 0. The van der Waals surface area contributed by atoms with Gasteiger partial charge in [-0.1, -0.05) is 0 Å². The smallest absolute Gasteiger partial charge is 0.322 e. The lowest BCUT2D eigenvalue weighted by Crippen LogP contribution is -2.01. The second-order valence-corrected chi connectivity index (χ2v) is 6.06. The van der Waals surface area contributed by atoms with Gasteiger partial charge in [0, 0.05) is 21.4 Å². The highest BCUT2D eigenvalue weighted by Gasteiger charge is 1.93. The highest BCUT2D eigenvalue weighted by molar-refractivity contribution is 8.31. The summed E-state index contributed by atoms with van der Waals surface area (Å²) in [6.45, 7) is 0. The van der Waals surface area contributed by atoms with Crippen molar-refractivity contribution in [3.05, 3.63) is 0 Å². The van der Waals surface area contributed by atoms with Crippen LogP contribution in [0.5, 0.6) is 0 Å². The summed E-state index contributed by atoms with van der Waals surface area (Å²) in [6.07, 6.45) is 0. The lowest BCUT2D eigenvalue weighted by atomic mass is 13.9. The largest absolute Gasteiger partial charge is 0.332 e. The van der Waals surface area contributed by atoms with Crippen molar-refractivity contribution in [2.45, 2.75) is 0 Å². The third kappa shape index (κ3) is 1230. The van der Waals surface area contributed by atoms with Crippen molar-refractivity contribution < 1.29 is 17.9 Å². The van der Waals surface area contributed by atoms with E-state index in [2.05, 4.69) is 32.4 Å². The van der Waals surface area contributed by atoms with Gasteiger partial charge in [-0.2, -0.15) is 8.42 Å². The Bertz CT molecular complexity index is 199. The van der Waals surface area contributed by atoms with E-state index < -0.39 is 15.9 Å². The van der Waals surface area contributed by atoms with Gasteiger partial charge in [0.05, 0.1) is 0 Å². The Kier molecular flexibility index (Phi) is 5.97. The molecule has 0 aliphatic rings. The molecule has 0 atom stereocenters. The fourth-order valence-corrected chi connectivity index (χ4v) is 0. The van der Waals surface area contributed by atoms with Gasteiger partial charge < -0.3 is 4.89 Å². The zero-order chi connectivity index (χ0) is 9.00. The van der Waals surface area contributed by atoms with Crippen molar-refractivity contribution in [2.24, 2.45) is 11.0 Å². The Labute approximate surface area is 66.6 Å². The van der Waals surface area contributed by atoms with E-state index in [0.29, 0.717) is 0 Å². The van der Waals surface area contributed by atoms with Crippen molar-refractivity contribution in [1.82, 2.24) is 0 Å². The lowest BCUT2D eigenvalue weighted by Gasteiger charge is -1.86. The second kappa shape index (κ2) is 4.50. The molecule has 0 heterocycles. The van der Waals surface area contributed by atoms with Crippen LogP contribution in [0, 0.1) is 0 Å². The van der Waals surface area contributed by atoms with Gasteiger partial charge in [0.15, 0.2) is 0 Å². The zero-order valence-electron chi connectivity index (χ0n) is 4.44. The molecule has 0 bridgehead atoms. The van der Waals surface area contributed by atoms with Crippen LogP contribution in [0.4, 0.5) is 0 Å².